The zero-order chi connectivity index (χ0) is 21.3. The first kappa shape index (κ1) is 19.7. The molecule has 3 aromatic carbocycles. The van der Waals surface area contributed by atoms with E-state index in [1.807, 2.05) is 30.3 Å². The van der Waals surface area contributed by atoms with Crippen molar-refractivity contribution in [3.63, 3.8) is 0 Å². The van der Waals surface area contributed by atoms with E-state index >= 15 is 0 Å². The summed E-state index contributed by atoms with van der Waals surface area (Å²) >= 11 is 0. The fourth-order valence-corrected chi connectivity index (χ4v) is 3.96. The van der Waals surface area contributed by atoms with Gasteiger partial charge in [-0.25, -0.2) is 0 Å². The number of aromatic nitrogens is 1. The molecular formula is C25H24N3O2. The number of fused-ring (bicyclic) bond motifs is 3. The standard InChI is InChI=1S/C25H24N3O2/c1-2-3-5-16-10-13-19-22(14-16)28(15-17-8-11-18(12-9-17)24(26)29)21-7-4-6-20(23(19)21)25(27)30/h4,6-12,14H,2-3,5,15H2,1H3,(H2,26,29)(H2,27,30). The number of amides is 2. The summed E-state index contributed by atoms with van der Waals surface area (Å²) in [7, 11) is 0. The predicted octanol–water partition coefficient (Wildman–Crippen LogP) is 4.18. The molecule has 151 valence electrons. The molecule has 0 aliphatic heterocycles. The van der Waals surface area contributed by atoms with Crippen LogP contribution in [-0.2, 0) is 13.0 Å². The minimum absolute atomic E-state index is 0.445. The molecule has 0 atom stereocenters. The van der Waals surface area contributed by atoms with E-state index in [9.17, 15) is 9.59 Å². The number of rotatable bonds is 7. The molecule has 0 spiro atoms. The van der Waals surface area contributed by atoms with Crippen molar-refractivity contribution in [3.8, 4) is 0 Å². The Morgan fingerprint density at radius 2 is 1.73 bits per heavy atom. The largest absolute Gasteiger partial charge is 0.366 e. The van der Waals surface area contributed by atoms with Crippen molar-refractivity contribution in [2.24, 2.45) is 11.5 Å². The molecule has 5 heteroatoms. The number of nitrogens with zero attached hydrogens (tertiary/aromatic N) is 1. The summed E-state index contributed by atoms with van der Waals surface area (Å²) in [6.07, 6.45) is 3.22. The summed E-state index contributed by atoms with van der Waals surface area (Å²) < 4.78 is 2.18. The first-order valence-corrected chi connectivity index (χ1v) is 10.1. The molecule has 0 bridgehead atoms. The van der Waals surface area contributed by atoms with E-state index in [4.69, 9.17) is 11.5 Å². The van der Waals surface area contributed by atoms with Crippen LogP contribution in [-0.4, -0.2) is 16.4 Å². The Hall–Kier alpha value is -3.60. The van der Waals surface area contributed by atoms with E-state index in [0.717, 1.165) is 46.6 Å². The van der Waals surface area contributed by atoms with Crippen molar-refractivity contribution in [1.82, 2.24) is 4.57 Å². The molecule has 1 radical (unpaired) electrons. The van der Waals surface area contributed by atoms with Gasteiger partial charge in [-0.1, -0.05) is 37.6 Å². The highest BCUT2D eigenvalue weighted by molar-refractivity contribution is 6.17. The minimum Gasteiger partial charge on any atom is -0.366 e. The fraction of sp³-hybridized carbons (Fsp3) is 0.200. The quantitative estimate of drug-likeness (QED) is 0.489. The molecule has 0 saturated heterocycles. The maximum Gasteiger partial charge on any atom is 0.249 e. The van der Waals surface area contributed by atoms with Crippen LogP contribution in [0.1, 0.15) is 51.6 Å². The molecule has 1 aromatic heterocycles. The third kappa shape index (κ3) is 3.54. The van der Waals surface area contributed by atoms with Crippen LogP contribution in [0, 0.1) is 6.07 Å². The summed E-state index contributed by atoms with van der Waals surface area (Å²) in [4.78, 5) is 23.5. The van der Waals surface area contributed by atoms with Gasteiger partial charge in [-0.2, -0.15) is 0 Å². The van der Waals surface area contributed by atoms with E-state index in [2.05, 4.69) is 23.6 Å². The molecule has 0 saturated carbocycles. The lowest BCUT2D eigenvalue weighted by atomic mass is 10.0. The number of hydrogen-bond acceptors (Lipinski definition) is 2. The van der Waals surface area contributed by atoms with E-state index < -0.39 is 11.8 Å². The van der Waals surface area contributed by atoms with Gasteiger partial charge in [0, 0.05) is 28.4 Å². The molecule has 0 unspecified atom stereocenters. The summed E-state index contributed by atoms with van der Waals surface area (Å²) in [5, 5.41) is 1.73. The number of nitrogens with two attached hydrogens (primary N) is 2. The molecule has 30 heavy (non-hydrogen) atoms. The van der Waals surface area contributed by atoms with Gasteiger partial charge >= 0.3 is 0 Å². The molecule has 4 N–H and O–H groups in total. The van der Waals surface area contributed by atoms with Gasteiger partial charge in [0.15, 0.2) is 0 Å². The van der Waals surface area contributed by atoms with E-state index in [1.165, 1.54) is 5.56 Å². The molecule has 0 aliphatic rings. The molecule has 4 rings (SSSR count). The lowest BCUT2D eigenvalue weighted by Crippen LogP contribution is -2.11. The monoisotopic (exact) mass is 398 g/mol. The van der Waals surface area contributed by atoms with Gasteiger partial charge in [0.1, 0.15) is 0 Å². The average Bonchev–Trinajstić information content (AvgIpc) is 3.05. The van der Waals surface area contributed by atoms with Crippen molar-refractivity contribution in [2.45, 2.75) is 32.7 Å². The van der Waals surface area contributed by atoms with E-state index in [0.29, 0.717) is 17.7 Å². The van der Waals surface area contributed by atoms with Crippen LogP contribution in [0.4, 0.5) is 0 Å². The van der Waals surface area contributed by atoms with Crippen LogP contribution in [0.2, 0.25) is 0 Å². The zero-order valence-corrected chi connectivity index (χ0v) is 16.9. The smallest absolute Gasteiger partial charge is 0.249 e. The van der Waals surface area contributed by atoms with Crippen molar-refractivity contribution in [1.29, 1.82) is 0 Å². The Balaban J connectivity index is 1.91. The van der Waals surface area contributed by atoms with Crippen molar-refractivity contribution >= 4 is 33.6 Å². The van der Waals surface area contributed by atoms with Gasteiger partial charge in [-0.3, -0.25) is 9.59 Å². The first-order valence-electron chi connectivity index (χ1n) is 10.1. The van der Waals surface area contributed by atoms with E-state index in [1.54, 1.807) is 18.2 Å². The van der Waals surface area contributed by atoms with Gasteiger partial charge in [0.05, 0.1) is 11.0 Å². The normalized spacial score (nSPS) is 11.2. The second-order valence-electron chi connectivity index (χ2n) is 7.58. The van der Waals surface area contributed by atoms with Crippen molar-refractivity contribution < 1.29 is 9.59 Å². The Labute approximate surface area is 175 Å². The lowest BCUT2D eigenvalue weighted by molar-refractivity contribution is 0.0992. The predicted molar refractivity (Wildman–Crippen MR) is 119 cm³/mol. The summed E-state index contributed by atoms with van der Waals surface area (Å²) in [5.74, 6) is -0.895. The third-order valence-electron chi connectivity index (χ3n) is 5.52. The number of aryl methyl sites for hydroxylation is 1. The Kier molecular flexibility index (Phi) is 5.27. The molecule has 4 aromatic rings. The highest BCUT2D eigenvalue weighted by Gasteiger charge is 2.17. The minimum atomic E-state index is -0.450. The average molecular weight is 398 g/mol. The molecule has 2 amide bonds. The van der Waals surface area contributed by atoms with E-state index in [-0.39, 0.29) is 0 Å². The summed E-state index contributed by atoms with van der Waals surface area (Å²) in [6.45, 7) is 2.76. The van der Waals surface area contributed by atoms with Crippen LogP contribution in [0.25, 0.3) is 21.8 Å². The highest BCUT2D eigenvalue weighted by Crippen LogP contribution is 2.33. The second kappa shape index (κ2) is 8.03. The molecule has 1 heterocycles. The molecule has 0 aliphatic carbocycles. The van der Waals surface area contributed by atoms with Crippen LogP contribution in [0.3, 0.4) is 0 Å². The molecule has 0 fully saturated rings. The third-order valence-corrected chi connectivity index (χ3v) is 5.52. The zero-order valence-electron chi connectivity index (χ0n) is 16.9. The van der Waals surface area contributed by atoms with Crippen LogP contribution >= 0.6 is 0 Å². The van der Waals surface area contributed by atoms with Gasteiger partial charge in [0.25, 0.3) is 0 Å². The summed E-state index contributed by atoms with van der Waals surface area (Å²) in [5.41, 5.74) is 16.2. The first-order chi connectivity index (χ1) is 14.5. The number of benzene rings is 3. The van der Waals surface area contributed by atoms with Gasteiger partial charge in [0.2, 0.25) is 11.8 Å². The van der Waals surface area contributed by atoms with Crippen LogP contribution in [0.5, 0.6) is 0 Å². The Morgan fingerprint density at radius 1 is 0.967 bits per heavy atom. The topological polar surface area (TPSA) is 91.1 Å². The van der Waals surface area contributed by atoms with Crippen LogP contribution in [0.15, 0.2) is 54.6 Å². The molecule has 5 nitrogen and oxygen atoms in total. The Bertz CT molecular complexity index is 1250. The second-order valence-corrected chi connectivity index (χ2v) is 7.58. The molecular weight excluding hydrogens is 374 g/mol. The van der Waals surface area contributed by atoms with Gasteiger partial charge in [-0.15, -0.1) is 0 Å². The van der Waals surface area contributed by atoms with Gasteiger partial charge in [-0.05, 0) is 60.4 Å². The fourth-order valence-electron chi connectivity index (χ4n) is 3.96. The van der Waals surface area contributed by atoms with Crippen molar-refractivity contribution in [2.75, 3.05) is 0 Å². The number of primary amides is 2. The van der Waals surface area contributed by atoms with Crippen molar-refractivity contribution in [3.05, 3.63) is 82.9 Å². The maximum atomic E-state index is 12.1. The number of carbonyl (C=O) groups excluding carboxylic acids is 2. The SMILES string of the molecule is CCCCc1c[c]c2c3c(C(N)=O)cccc3n(Cc3ccc(C(N)=O)cc3)c2c1. The highest BCUT2D eigenvalue weighted by atomic mass is 16.1. The van der Waals surface area contributed by atoms with Gasteiger partial charge < -0.3 is 16.0 Å². The lowest BCUT2D eigenvalue weighted by Gasteiger charge is -2.09. The Morgan fingerprint density at radius 3 is 2.40 bits per heavy atom. The van der Waals surface area contributed by atoms with Crippen LogP contribution < -0.4 is 11.5 Å². The number of unbranched alkanes of at least 4 members (excludes halogenated alkanes) is 1. The maximum absolute atomic E-state index is 12.1. The number of hydrogen-bond donors (Lipinski definition) is 2. The number of carbonyl (C=O) groups is 2. The summed E-state index contributed by atoms with van der Waals surface area (Å²) in [6, 6.07) is 20.5.